The molecule has 0 aliphatic rings. The van der Waals surface area contributed by atoms with Gasteiger partial charge in [0.2, 0.25) is 0 Å². The van der Waals surface area contributed by atoms with E-state index < -0.39 is 0 Å². The van der Waals surface area contributed by atoms with Crippen molar-refractivity contribution in [2.45, 2.75) is 0 Å². The molecule has 0 aliphatic carbocycles. The van der Waals surface area contributed by atoms with Crippen LogP contribution in [0.1, 0.15) is 0 Å². The first kappa shape index (κ1) is 3.90. The Bertz CT molecular complexity index is 284. The van der Waals surface area contributed by atoms with Crippen molar-refractivity contribution in [1.82, 2.24) is 0 Å². The third-order valence-corrected chi connectivity index (χ3v) is 1.44. The van der Waals surface area contributed by atoms with Crippen molar-refractivity contribution in [3.8, 4) is 0 Å². The topological polar surface area (TPSA) is 0 Å². The molecule has 0 aromatic heterocycles. The van der Waals surface area contributed by atoms with Gasteiger partial charge in [-0.05, 0) is 28.6 Å². The van der Waals surface area contributed by atoms with Crippen LogP contribution in [-0.2, 0) is 0 Å². The minimum absolute atomic E-state index is 0.701. The van der Waals surface area contributed by atoms with Gasteiger partial charge in [0.1, 0.15) is 0 Å². The number of benzene rings is 2. The minimum Gasteiger partial charge on any atom is -0.0610 e. The first-order valence-electron chi connectivity index (χ1n) is 2.57. The van der Waals surface area contributed by atoms with Crippen LogP contribution >= 0.6 is 0 Å². The summed E-state index contributed by atoms with van der Waals surface area (Å²) in [6.45, 7) is 7.26. The molecule has 0 nitrogen and oxygen atoms in total. The minimum atomic E-state index is 0.701. The van der Waals surface area contributed by atoms with Crippen molar-refractivity contribution in [2.24, 2.45) is 0 Å². The van der Waals surface area contributed by atoms with Gasteiger partial charge in [-0.15, -0.1) is 0 Å². The zero-order valence-corrected chi connectivity index (χ0v) is 4.31. The van der Waals surface area contributed by atoms with E-state index in [-0.39, 0.29) is 0 Å². The van der Waals surface area contributed by atoms with Gasteiger partial charge < -0.3 is 0 Å². The van der Waals surface area contributed by atoms with Gasteiger partial charge in [0.25, 0.3) is 0 Å². The number of hydrogen-bond donors (Lipinski definition) is 0. The predicted octanol–water partition coefficient (Wildman–Crippen LogP) is 1.16. The van der Waals surface area contributed by atoms with Crippen molar-refractivity contribution < 1.29 is 0 Å². The summed E-state index contributed by atoms with van der Waals surface area (Å²) in [6, 6.07) is 7.90. The molecule has 3 aromatic carbocycles. The smallest absolute Gasteiger partial charge is 0.0000929 e. The summed E-state index contributed by atoms with van der Waals surface area (Å²) in [5.74, 6) is 0. The lowest BCUT2D eigenvalue weighted by Crippen LogP contribution is -2.04. The Balaban J connectivity index is 3.12. The zero-order valence-electron chi connectivity index (χ0n) is 4.31. The van der Waals surface area contributed by atoms with E-state index in [0.717, 1.165) is 10.8 Å². The molecule has 0 unspecified atom stereocenters. The second kappa shape index (κ2) is 1.03. The summed E-state index contributed by atoms with van der Waals surface area (Å²) in [5, 5.41) is 2.84. The van der Waals surface area contributed by atoms with Gasteiger partial charge in [-0.2, -0.15) is 0 Å². The van der Waals surface area contributed by atoms with Crippen LogP contribution in [0.3, 0.4) is 0 Å². The highest BCUT2D eigenvalue weighted by Crippen LogP contribution is 2.07. The van der Waals surface area contributed by atoms with Crippen LogP contribution in [0.2, 0.25) is 0 Å². The molecule has 0 atom stereocenters. The highest BCUT2D eigenvalue weighted by Gasteiger charge is 1.95. The van der Waals surface area contributed by atoms with Gasteiger partial charge in [-0.3, -0.25) is 0 Å². The van der Waals surface area contributed by atoms with Crippen molar-refractivity contribution in [2.75, 3.05) is 0 Å². The summed E-state index contributed by atoms with van der Waals surface area (Å²) in [4.78, 5) is 0. The standard InChI is InChI=1S/C8H4/c1-6-7-3-2-4-8(6)5-7/h2-5H. The average molecular weight is 100 g/mol. The quantitative estimate of drug-likeness (QED) is 0.466. The highest BCUT2D eigenvalue weighted by atomic mass is 14.0. The van der Waals surface area contributed by atoms with E-state index in [1.807, 2.05) is 24.3 Å². The van der Waals surface area contributed by atoms with E-state index in [1.54, 1.807) is 0 Å². The molecule has 2 bridgehead atoms. The van der Waals surface area contributed by atoms with Crippen LogP contribution in [0.5, 0.6) is 0 Å². The van der Waals surface area contributed by atoms with Gasteiger partial charge in [0, 0.05) is 0 Å². The van der Waals surface area contributed by atoms with Crippen LogP contribution in [0, 0.1) is 0 Å². The molecule has 0 N–H and O–H groups in total. The molecule has 0 saturated carbocycles. The molecule has 0 fully saturated rings. The van der Waals surface area contributed by atoms with E-state index in [2.05, 4.69) is 0 Å². The monoisotopic (exact) mass is 100 g/mol. The lowest BCUT2D eigenvalue weighted by molar-refractivity contribution is 1.69. The van der Waals surface area contributed by atoms with E-state index in [9.17, 15) is 0 Å². The molecule has 2 radical (unpaired) electrons. The van der Waals surface area contributed by atoms with E-state index in [1.165, 1.54) is 0 Å². The molecule has 0 spiro atoms. The van der Waals surface area contributed by atoms with Crippen LogP contribution in [0.25, 0.3) is 17.4 Å². The number of rotatable bonds is 0. The zero-order chi connectivity index (χ0) is 5.56. The molecule has 3 rings (SSSR count). The Hall–Kier alpha value is -1.04. The average Bonchev–Trinajstić information content (AvgIpc) is 1.89. The largest absolute Gasteiger partial charge is 0.0610 e. The molecule has 0 heterocycles. The van der Waals surface area contributed by atoms with E-state index >= 15 is 0 Å². The molecule has 3 aromatic rings. The van der Waals surface area contributed by atoms with Gasteiger partial charge >= 0.3 is 0 Å². The van der Waals surface area contributed by atoms with Gasteiger partial charge in [-0.25, -0.2) is 0 Å². The van der Waals surface area contributed by atoms with Gasteiger partial charge in [0.15, 0.2) is 0 Å². The Morgan fingerprint density at radius 2 is 1.75 bits per heavy atom. The summed E-state index contributed by atoms with van der Waals surface area (Å²) < 4.78 is 0. The van der Waals surface area contributed by atoms with Gasteiger partial charge in [0.05, 0.1) is 0 Å². The number of fused-ring (bicyclic) bond motifs is 2. The molecule has 0 heteroatoms. The molecule has 8 heavy (non-hydrogen) atoms. The maximum Gasteiger partial charge on any atom is -0.0000929 e. The fraction of sp³-hybridized carbons (Fsp3) is 0. The summed E-state index contributed by atoms with van der Waals surface area (Å²) in [7, 11) is 0. The normalized spacial score (nSPS) is 11.0. The van der Waals surface area contributed by atoms with Crippen LogP contribution in [0.15, 0.2) is 24.3 Å². The Morgan fingerprint density at radius 1 is 1.12 bits per heavy atom. The van der Waals surface area contributed by atoms with Crippen molar-refractivity contribution in [3.05, 3.63) is 29.5 Å². The predicted molar refractivity (Wildman–Crippen MR) is 33.8 cm³/mol. The van der Waals surface area contributed by atoms with Crippen molar-refractivity contribution in [3.63, 3.8) is 0 Å². The summed E-state index contributed by atoms with van der Waals surface area (Å²) in [5.41, 5.74) is 0. The van der Waals surface area contributed by atoms with Crippen LogP contribution in [-0.4, -0.2) is 0 Å². The Labute approximate surface area is 47.8 Å². The highest BCUT2D eigenvalue weighted by molar-refractivity contribution is 5.81. The Morgan fingerprint density at radius 3 is 2.00 bits per heavy atom. The maximum absolute atomic E-state index is 7.26. The summed E-state index contributed by atoms with van der Waals surface area (Å²) >= 11 is 0. The SMILES string of the molecule is [C]=c1c2cccc1c2. The van der Waals surface area contributed by atoms with Gasteiger partial charge in [-0.1, -0.05) is 18.2 Å². The molecule has 0 saturated heterocycles. The molecule has 0 amide bonds. The molecular formula is C8H4. The molecule has 36 valence electrons. The Kier molecular flexibility index (Phi) is 0.500. The number of hydrogen-bond acceptors (Lipinski definition) is 0. The molecule has 0 aliphatic heterocycles. The van der Waals surface area contributed by atoms with E-state index in [4.69, 9.17) is 6.58 Å². The second-order valence-electron chi connectivity index (χ2n) is 1.96. The van der Waals surface area contributed by atoms with Crippen LogP contribution in [0.4, 0.5) is 0 Å². The fourth-order valence-corrected chi connectivity index (χ4v) is 0.919. The fourth-order valence-electron chi connectivity index (χ4n) is 0.919. The van der Waals surface area contributed by atoms with Crippen LogP contribution < -0.4 is 5.22 Å². The first-order valence-corrected chi connectivity index (χ1v) is 2.57. The third-order valence-electron chi connectivity index (χ3n) is 1.44. The second-order valence-corrected chi connectivity index (χ2v) is 1.96. The third kappa shape index (κ3) is 0.270. The van der Waals surface area contributed by atoms with E-state index in [0.29, 0.717) is 5.22 Å². The summed E-state index contributed by atoms with van der Waals surface area (Å²) in [6.07, 6.45) is 0. The first-order chi connectivity index (χ1) is 3.88. The lowest BCUT2D eigenvalue weighted by Gasteiger charge is -2.00. The lowest BCUT2D eigenvalue weighted by atomic mass is 10.0. The molecular weight excluding hydrogens is 96.1 g/mol. The maximum atomic E-state index is 7.26. The van der Waals surface area contributed by atoms with Crippen molar-refractivity contribution >= 4 is 17.4 Å². The van der Waals surface area contributed by atoms with Crippen molar-refractivity contribution in [1.29, 1.82) is 0 Å².